The van der Waals surface area contributed by atoms with Crippen LogP contribution in [0.15, 0.2) is 35.3 Å². The summed E-state index contributed by atoms with van der Waals surface area (Å²) in [5, 5.41) is 15.5. The fourth-order valence-corrected chi connectivity index (χ4v) is 2.84. The molecule has 0 spiro atoms. The molecule has 0 saturated carbocycles. The Bertz CT molecular complexity index is 655. The van der Waals surface area contributed by atoms with Crippen molar-refractivity contribution in [2.75, 3.05) is 7.05 Å². The highest BCUT2D eigenvalue weighted by Crippen LogP contribution is 2.17. The topological polar surface area (TPSA) is 56.7 Å². The van der Waals surface area contributed by atoms with E-state index in [4.69, 9.17) is 5.11 Å². The summed E-state index contributed by atoms with van der Waals surface area (Å²) in [6.45, 7) is 3.27. The van der Waals surface area contributed by atoms with Crippen LogP contribution in [-0.2, 0) is 19.5 Å². The Morgan fingerprint density at radius 2 is 1.91 bits per heavy atom. The van der Waals surface area contributed by atoms with E-state index in [0.717, 1.165) is 12.0 Å². The number of phenols is 1. The highest BCUT2D eigenvalue weighted by molar-refractivity contribution is 7.11. The number of rotatable bonds is 5. The van der Waals surface area contributed by atoms with Crippen LogP contribution in [0, 0.1) is 5.82 Å². The maximum absolute atomic E-state index is 13.3. The first-order valence-corrected chi connectivity index (χ1v) is 7.93. The molecule has 1 aromatic carbocycles. The second kappa shape index (κ2) is 7.79. The molecule has 1 heterocycles. The number of nitrogens with zero attached hydrogens (tertiary/aromatic N) is 1. The minimum Gasteiger partial charge on any atom is -0.505 e. The van der Waals surface area contributed by atoms with E-state index >= 15 is 0 Å². The van der Waals surface area contributed by atoms with Crippen LogP contribution in [0.5, 0.6) is 5.75 Å². The molecule has 0 unspecified atom stereocenters. The van der Waals surface area contributed by atoms with E-state index in [1.165, 1.54) is 21.9 Å². The van der Waals surface area contributed by atoms with Gasteiger partial charge in [0.2, 0.25) is 0 Å². The molecule has 0 saturated heterocycles. The third-order valence-corrected chi connectivity index (χ3v) is 4.42. The number of aliphatic imine (C=N–C) groups is 1. The summed E-state index contributed by atoms with van der Waals surface area (Å²) in [4.78, 5) is 6.75. The summed E-state index contributed by atoms with van der Waals surface area (Å²) in [6, 6.07) is 8.57. The lowest BCUT2D eigenvalue weighted by atomic mass is 10.2. The largest absolute Gasteiger partial charge is 0.505 e. The molecule has 1 aromatic heterocycles. The molecule has 0 fully saturated rings. The monoisotopic (exact) mass is 321 g/mol. The zero-order valence-electron chi connectivity index (χ0n) is 12.7. The van der Waals surface area contributed by atoms with Crippen LogP contribution in [0.4, 0.5) is 4.39 Å². The van der Waals surface area contributed by atoms with Gasteiger partial charge in [-0.1, -0.05) is 13.0 Å². The molecule has 2 rings (SSSR count). The molecule has 0 radical (unpaired) electrons. The smallest absolute Gasteiger partial charge is 0.191 e. The number of benzene rings is 1. The first-order valence-electron chi connectivity index (χ1n) is 7.12. The van der Waals surface area contributed by atoms with Crippen LogP contribution in [0.2, 0.25) is 0 Å². The molecule has 0 aliphatic rings. The number of hydrogen-bond donors (Lipinski definition) is 3. The number of aryl methyl sites for hydroxylation is 1. The molecule has 0 aliphatic carbocycles. The first-order chi connectivity index (χ1) is 10.6. The number of thiophene rings is 1. The average Bonchev–Trinajstić information content (AvgIpc) is 2.99. The summed E-state index contributed by atoms with van der Waals surface area (Å²) in [6.07, 6.45) is 1.05. The van der Waals surface area contributed by atoms with Crippen LogP contribution in [0.1, 0.15) is 22.2 Å². The fraction of sp³-hybridized carbons (Fsp3) is 0.312. The quantitative estimate of drug-likeness (QED) is 0.586. The van der Waals surface area contributed by atoms with Gasteiger partial charge >= 0.3 is 0 Å². The van der Waals surface area contributed by atoms with Crippen LogP contribution >= 0.6 is 11.3 Å². The number of phenolic OH excluding ortho intramolecular Hbond substituents is 1. The van der Waals surface area contributed by atoms with Crippen LogP contribution in [0.3, 0.4) is 0 Å². The van der Waals surface area contributed by atoms with Crippen LogP contribution in [0.25, 0.3) is 0 Å². The minimum absolute atomic E-state index is 0.337. The molecular weight excluding hydrogens is 301 g/mol. The van der Waals surface area contributed by atoms with Crippen molar-refractivity contribution in [2.45, 2.75) is 26.4 Å². The summed E-state index contributed by atoms with van der Waals surface area (Å²) >= 11 is 1.78. The number of aromatic hydroxyl groups is 1. The zero-order valence-corrected chi connectivity index (χ0v) is 13.5. The van der Waals surface area contributed by atoms with Gasteiger partial charge in [0.05, 0.1) is 6.54 Å². The van der Waals surface area contributed by atoms with Gasteiger partial charge < -0.3 is 15.7 Å². The Balaban J connectivity index is 1.85. The highest BCUT2D eigenvalue weighted by Gasteiger charge is 2.04. The van der Waals surface area contributed by atoms with Crippen molar-refractivity contribution in [1.82, 2.24) is 10.6 Å². The van der Waals surface area contributed by atoms with E-state index in [1.54, 1.807) is 24.5 Å². The van der Waals surface area contributed by atoms with Crippen molar-refractivity contribution in [3.05, 3.63) is 51.5 Å². The van der Waals surface area contributed by atoms with E-state index in [-0.39, 0.29) is 5.75 Å². The molecular formula is C16H20FN3OS. The predicted molar refractivity (Wildman–Crippen MR) is 88.8 cm³/mol. The maximum atomic E-state index is 13.3. The highest BCUT2D eigenvalue weighted by atomic mass is 32.1. The molecule has 0 atom stereocenters. The Morgan fingerprint density at radius 1 is 1.18 bits per heavy atom. The zero-order chi connectivity index (χ0) is 15.9. The SMILES string of the molecule is CCc1ccc(CNC(=NC)NCc2ccc(O)c(F)c2)s1. The molecule has 0 aliphatic heterocycles. The number of nitrogens with one attached hydrogen (secondary N) is 2. The van der Waals surface area contributed by atoms with Crippen molar-refractivity contribution < 1.29 is 9.50 Å². The molecule has 0 amide bonds. The van der Waals surface area contributed by atoms with E-state index in [1.807, 2.05) is 0 Å². The molecule has 0 bridgehead atoms. The summed E-state index contributed by atoms with van der Waals surface area (Å²) < 4.78 is 13.3. The standard InChI is InChI=1S/C16H20FN3OS/c1-3-12-5-6-13(22-12)10-20-16(18-2)19-9-11-4-7-15(21)14(17)8-11/h4-8,21H,3,9-10H2,1-2H3,(H2,18,19,20). The summed E-state index contributed by atoms with van der Waals surface area (Å²) in [5.41, 5.74) is 0.739. The Labute approximate surface area is 133 Å². The minimum atomic E-state index is -0.618. The van der Waals surface area contributed by atoms with Gasteiger partial charge in [0.15, 0.2) is 17.5 Å². The maximum Gasteiger partial charge on any atom is 0.191 e. The first kappa shape index (κ1) is 16.3. The van der Waals surface area contributed by atoms with Gasteiger partial charge in [0, 0.05) is 23.3 Å². The van der Waals surface area contributed by atoms with Gasteiger partial charge in [-0.25, -0.2) is 4.39 Å². The van der Waals surface area contributed by atoms with E-state index in [2.05, 4.69) is 34.7 Å². The van der Waals surface area contributed by atoms with Crippen molar-refractivity contribution in [3.8, 4) is 5.75 Å². The number of hydrogen-bond acceptors (Lipinski definition) is 3. The number of guanidine groups is 1. The molecule has 22 heavy (non-hydrogen) atoms. The van der Waals surface area contributed by atoms with Gasteiger partial charge in [-0.2, -0.15) is 0 Å². The molecule has 2 aromatic rings. The summed E-state index contributed by atoms with van der Waals surface area (Å²) in [5.74, 6) is -0.302. The van der Waals surface area contributed by atoms with E-state index in [9.17, 15) is 4.39 Å². The molecule has 118 valence electrons. The van der Waals surface area contributed by atoms with Crippen LogP contribution in [-0.4, -0.2) is 18.1 Å². The second-order valence-electron chi connectivity index (χ2n) is 4.79. The lowest BCUT2D eigenvalue weighted by Crippen LogP contribution is -2.36. The van der Waals surface area contributed by atoms with Crippen molar-refractivity contribution in [1.29, 1.82) is 0 Å². The van der Waals surface area contributed by atoms with E-state index in [0.29, 0.717) is 19.0 Å². The predicted octanol–water partition coefficient (Wildman–Crippen LogP) is 3.02. The fourth-order valence-electron chi connectivity index (χ4n) is 1.94. The summed E-state index contributed by atoms with van der Waals surface area (Å²) in [7, 11) is 1.69. The lowest BCUT2D eigenvalue weighted by molar-refractivity contribution is 0.431. The number of halogens is 1. The Morgan fingerprint density at radius 3 is 2.55 bits per heavy atom. The normalized spacial score (nSPS) is 11.5. The van der Waals surface area contributed by atoms with Gasteiger partial charge in [-0.3, -0.25) is 4.99 Å². The van der Waals surface area contributed by atoms with Crippen LogP contribution < -0.4 is 10.6 Å². The lowest BCUT2D eigenvalue weighted by Gasteiger charge is -2.11. The van der Waals surface area contributed by atoms with Gasteiger partial charge in [-0.05, 0) is 36.2 Å². The van der Waals surface area contributed by atoms with Crippen molar-refractivity contribution in [2.24, 2.45) is 4.99 Å². The van der Waals surface area contributed by atoms with E-state index < -0.39 is 5.82 Å². The van der Waals surface area contributed by atoms with Crippen molar-refractivity contribution in [3.63, 3.8) is 0 Å². The van der Waals surface area contributed by atoms with Gasteiger partial charge in [0.1, 0.15) is 0 Å². The molecule has 3 N–H and O–H groups in total. The third kappa shape index (κ3) is 4.46. The second-order valence-corrected chi connectivity index (χ2v) is 6.04. The third-order valence-electron chi connectivity index (χ3n) is 3.19. The molecule has 4 nitrogen and oxygen atoms in total. The van der Waals surface area contributed by atoms with Gasteiger partial charge in [0.25, 0.3) is 0 Å². The van der Waals surface area contributed by atoms with Crippen molar-refractivity contribution >= 4 is 17.3 Å². The Hall–Kier alpha value is -2.08. The Kier molecular flexibility index (Phi) is 5.77. The van der Waals surface area contributed by atoms with Gasteiger partial charge in [-0.15, -0.1) is 11.3 Å². The molecule has 6 heteroatoms. The average molecular weight is 321 g/mol.